The number of nitrogens with zero attached hydrogens (tertiary/aromatic N) is 1. The van der Waals surface area contributed by atoms with Crippen molar-refractivity contribution in [1.82, 2.24) is 0 Å². The van der Waals surface area contributed by atoms with Crippen molar-refractivity contribution in [1.29, 1.82) is 0 Å². The third-order valence-electron chi connectivity index (χ3n) is 2.68. The average molecular weight is 304 g/mol. The highest BCUT2D eigenvalue weighted by Crippen LogP contribution is 2.35. The number of nitro groups is 1. The molecule has 0 bridgehead atoms. The molecule has 0 heterocycles. The van der Waals surface area contributed by atoms with E-state index in [0.717, 1.165) is 11.0 Å². The third kappa shape index (κ3) is 3.51. The number of aromatic carboxylic acids is 1. The van der Waals surface area contributed by atoms with Crippen molar-refractivity contribution in [2.45, 2.75) is 9.79 Å². The Morgan fingerprint density at radius 3 is 2.38 bits per heavy atom. The van der Waals surface area contributed by atoms with Crippen LogP contribution in [0.3, 0.4) is 0 Å². The summed E-state index contributed by atoms with van der Waals surface area (Å²) in [7, 11) is 1.55. The Morgan fingerprint density at radius 2 is 1.86 bits per heavy atom. The molecule has 7 heteroatoms. The second kappa shape index (κ2) is 6.27. The summed E-state index contributed by atoms with van der Waals surface area (Å²) in [6.07, 6.45) is 0. The van der Waals surface area contributed by atoms with Crippen LogP contribution in [0.15, 0.2) is 52.3 Å². The zero-order valence-corrected chi connectivity index (χ0v) is 11.8. The van der Waals surface area contributed by atoms with Crippen LogP contribution in [-0.2, 0) is 0 Å². The van der Waals surface area contributed by atoms with Gasteiger partial charge in [-0.1, -0.05) is 17.8 Å². The summed E-state index contributed by atoms with van der Waals surface area (Å²) in [4.78, 5) is 22.3. The van der Waals surface area contributed by atoms with Gasteiger partial charge in [0, 0.05) is 16.5 Å². The highest BCUT2D eigenvalue weighted by molar-refractivity contribution is 7.99. The highest BCUT2D eigenvalue weighted by atomic mass is 32.2. The van der Waals surface area contributed by atoms with Crippen LogP contribution in [0.1, 0.15) is 10.4 Å². The third-order valence-corrected chi connectivity index (χ3v) is 3.75. The zero-order valence-electron chi connectivity index (χ0n) is 10.9. The number of methoxy groups -OCH3 is 1. The number of benzene rings is 2. The fourth-order valence-corrected chi connectivity index (χ4v) is 2.54. The summed E-state index contributed by atoms with van der Waals surface area (Å²) < 4.78 is 5.03. The van der Waals surface area contributed by atoms with E-state index in [-0.39, 0.29) is 11.3 Å². The first-order valence-electron chi connectivity index (χ1n) is 5.83. The first kappa shape index (κ1) is 14.9. The lowest BCUT2D eigenvalue weighted by atomic mass is 10.2. The number of hydrogen-bond acceptors (Lipinski definition) is 6. The van der Waals surface area contributed by atoms with Crippen LogP contribution >= 0.6 is 11.8 Å². The van der Waals surface area contributed by atoms with E-state index in [9.17, 15) is 20.0 Å². The second-order valence-electron chi connectivity index (χ2n) is 4.00. The van der Waals surface area contributed by atoms with Crippen molar-refractivity contribution >= 4 is 23.4 Å². The molecular weight excluding hydrogens is 294 g/mol. The minimum atomic E-state index is -1.45. The second-order valence-corrected chi connectivity index (χ2v) is 5.12. The molecule has 0 amide bonds. The maximum absolute atomic E-state index is 11.0. The molecule has 0 aliphatic heterocycles. The number of ether oxygens (including phenoxy) is 1. The molecule has 2 aromatic rings. The van der Waals surface area contributed by atoms with E-state index in [4.69, 9.17) is 4.74 Å². The Hall–Kier alpha value is -2.54. The van der Waals surface area contributed by atoms with Crippen LogP contribution in [0.2, 0.25) is 0 Å². The number of carboxylic acid groups (broad SMARTS) is 1. The Balaban J connectivity index is 2.34. The summed E-state index contributed by atoms with van der Waals surface area (Å²) in [6.45, 7) is 0. The summed E-state index contributed by atoms with van der Waals surface area (Å²) in [5.74, 6) is -0.764. The van der Waals surface area contributed by atoms with E-state index in [1.165, 1.54) is 23.9 Å². The first-order valence-corrected chi connectivity index (χ1v) is 6.64. The topological polar surface area (TPSA) is 92.5 Å². The van der Waals surface area contributed by atoms with Crippen LogP contribution in [-0.4, -0.2) is 18.0 Å². The van der Waals surface area contributed by atoms with Gasteiger partial charge in [-0.3, -0.25) is 10.1 Å². The zero-order chi connectivity index (χ0) is 15.4. The van der Waals surface area contributed by atoms with Gasteiger partial charge in [0.25, 0.3) is 5.69 Å². The van der Waals surface area contributed by atoms with Gasteiger partial charge in [-0.25, -0.2) is 0 Å². The van der Waals surface area contributed by atoms with Gasteiger partial charge in [0.15, 0.2) is 0 Å². The molecule has 0 atom stereocenters. The predicted octanol–water partition coefficient (Wildman–Crippen LogP) is 2.12. The van der Waals surface area contributed by atoms with Gasteiger partial charge in [-0.05, 0) is 30.3 Å². The quantitative estimate of drug-likeness (QED) is 0.620. The van der Waals surface area contributed by atoms with Gasteiger partial charge in [0.2, 0.25) is 0 Å². The standard InChI is InChI=1S/C14H11NO5S/c1-20-10-3-5-11(6-4-10)21-13-7-2-9(14(16)17)8-12(13)15(18)19/h2-8H,1H3,(H,16,17)/p-1. The van der Waals surface area contributed by atoms with Gasteiger partial charge < -0.3 is 14.6 Å². The number of carboxylic acids is 1. The molecule has 0 radical (unpaired) electrons. The summed E-state index contributed by atoms with van der Waals surface area (Å²) in [6, 6.07) is 10.7. The molecule has 0 saturated carbocycles. The van der Waals surface area contributed by atoms with E-state index in [1.807, 2.05) is 0 Å². The van der Waals surface area contributed by atoms with E-state index in [2.05, 4.69) is 0 Å². The molecule has 0 saturated heterocycles. The van der Waals surface area contributed by atoms with Crippen molar-refractivity contribution in [2.24, 2.45) is 0 Å². The fourth-order valence-electron chi connectivity index (χ4n) is 1.64. The summed E-state index contributed by atoms with van der Waals surface area (Å²) >= 11 is 1.17. The van der Waals surface area contributed by atoms with E-state index in [1.54, 1.807) is 31.4 Å². The minimum Gasteiger partial charge on any atom is -0.545 e. The molecule has 2 aromatic carbocycles. The van der Waals surface area contributed by atoms with Gasteiger partial charge in [0.1, 0.15) is 5.75 Å². The van der Waals surface area contributed by atoms with E-state index < -0.39 is 10.9 Å². The molecule has 108 valence electrons. The van der Waals surface area contributed by atoms with Gasteiger partial charge >= 0.3 is 0 Å². The number of carbonyl (C=O) groups is 1. The smallest absolute Gasteiger partial charge is 0.283 e. The maximum atomic E-state index is 11.0. The molecule has 0 unspecified atom stereocenters. The molecule has 21 heavy (non-hydrogen) atoms. The Kier molecular flexibility index (Phi) is 4.44. The molecular formula is C14H10NO5S-. The fraction of sp³-hybridized carbons (Fsp3) is 0.0714. The Labute approximate surface area is 124 Å². The van der Waals surface area contributed by atoms with Crippen LogP contribution in [0, 0.1) is 10.1 Å². The molecule has 0 fully saturated rings. The van der Waals surface area contributed by atoms with Gasteiger partial charge in [-0.15, -0.1) is 0 Å². The number of nitro benzene ring substituents is 1. The normalized spacial score (nSPS) is 10.1. The lowest BCUT2D eigenvalue weighted by Gasteiger charge is -2.07. The summed E-state index contributed by atoms with van der Waals surface area (Å²) in [5, 5.41) is 21.8. The number of hydrogen-bond donors (Lipinski definition) is 0. The van der Waals surface area contributed by atoms with Gasteiger partial charge in [-0.2, -0.15) is 0 Å². The van der Waals surface area contributed by atoms with Crippen molar-refractivity contribution in [3.05, 3.63) is 58.1 Å². The number of carbonyl (C=O) groups excluding carboxylic acids is 1. The van der Waals surface area contributed by atoms with E-state index >= 15 is 0 Å². The molecule has 0 aliphatic rings. The first-order chi connectivity index (χ1) is 10.0. The van der Waals surface area contributed by atoms with Gasteiger partial charge in [0.05, 0.1) is 22.9 Å². The van der Waals surface area contributed by atoms with E-state index in [0.29, 0.717) is 10.6 Å². The monoisotopic (exact) mass is 304 g/mol. The molecule has 0 aromatic heterocycles. The van der Waals surface area contributed by atoms with Crippen molar-refractivity contribution in [3.63, 3.8) is 0 Å². The van der Waals surface area contributed by atoms with Crippen LogP contribution < -0.4 is 9.84 Å². The van der Waals surface area contributed by atoms with Crippen molar-refractivity contribution in [3.8, 4) is 5.75 Å². The maximum Gasteiger partial charge on any atom is 0.283 e. The van der Waals surface area contributed by atoms with Crippen LogP contribution in [0.4, 0.5) is 5.69 Å². The largest absolute Gasteiger partial charge is 0.545 e. The predicted molar refractivity (Wildman–Crippen MR) is 74.5 cm³/mol. The minimum absolute atomic E-state index is 0.221. The summed E-state index contributed by atoms with van der Waals surface area (Å²) in [5.41, 5.74) is -0.488. The molecule has 0 spiro atoms. The number of rotatable bonds is 5. The molecule has 0 N–H and O–H groups in total. The lowest BCUT2D eigenvalue weighted by molar-refractivity contribution is -0.387. The Bertz CT molecular complexity index is 684. The highest BCUT2D eigenvalue weighted by Gasteiger charge is 2.16. The SMILES string of the molecule is COc1ccc(Sc2ccc(C(=O)[O-])cc2[N+](=O)[O-])cc1. The Morgan fingerprint density at radius 1 is 1.19 bits per heavy atom. The van der Waals surface area contributed by atoms with Crippen molar-refractivity contribution < 1.29 is 19.6 Å². The lowest BCUT2D eigenvalue weighted by Crippen LogP contribution is -2.22. The molecule has 0 aliphatic carbocycles. The molecule has 2 rings (SSSR count). The average Bonchev–Trinajstić information content (AvgIpc) is 2.48. The van der Waals surface area contributed by atoms with Crippen molar-refractivity contribution in [2.75, 3.05) is 7.11 Å². The van der Waals surface area contributed by atoms with Crippen LogP contribution in [0.25, 0.3) is 0 Å². The molecule has 6 nitrogen and oxygen atoms in total. The van der Waals surface area contributed by atoms with Crippen LogP contribution in [0.5, 0.6) is 5.75 Å².